The van der Waals surface area contributed by atoms with Crippen LogP contribution in [0.5, 0.6) is 0 Å². The molecule has 0 atom stereocenters. The van der Waals surface area contributed by atoms with Gasteiger partial charge in [-0.15, -0.1) is 0 Å². The lowest BCUT2D eigenvalue weighted by molar-refractivity contribution is -0.138. The van der Waals surface area contributed by atoms with Gasteiger partial charge in [0.15, 0.2) is 0 Å². The zero-order valence-electron chi connectivity index (χ0n) is 10.2. The van der Waals surface area contributed by atoms with Crippen LogP contribution in [0.3, 0.4) is 0 Å². The van der Waals surface area contributed by atoms with Gasteiger partial charge in [0.25, 0.3) is 5.91 Å². The van der Waals surface area contributed by atoms with Crippen LogP contribution in [0.2, 0.25) is 0 Å². The molecule has 0 radical (unpaired) electrons. The summed E-state index contributed by atoms with van der Waals surface area (Å²) in [6, 6.07) is 8.71. The van der Waals surface area contributed by atoms with Crippen molar-refractivity contribution in [1.82, 2.24) is 4.98 Å². The highest BCUT2D eigenvalue weighted by Crippen LogP contribution is 2.42. The molecule has 1 aliphatic rings. The fourth-order valence-corrected chi connectivity index (χ4v) is 2.22. The highest BCUT2D eigenvalue weighted by atomic mass is 19.4. The molecule has 0 aliphatic carbocycles. The zero-order valence-corrected chi connectivity index (χ0v) is 10.2. The molecule has 0 unspecified atom stereocenters. The molecule has 2 aromatic rings. The topological polar surface area (TPSA) is 33.2 Å². The molecule has 1 aliphatic heterocycles. The lowest BCUT2D eigenvalue weighted by atomic mass is 9.96. The van der Waals surface area contributed by atoms with E-state index >= 15 is 0 Å². The average Bonchev–Trinajstić information content (AvgIpc) is 2.39. The van der Waals surface area contributed by atoms with Gasteiger partial charge in [0.1, 0.15) is 5.69 Å². The van der Waals surface area contributed by atoms with Crippen molar-refractivity contribution < 1.29 is 18.0 Å². The Balaban J connectivity index is 1.94. The van der Waals surface area contributed by atoms with Gasteiger partial charge in [0.2, 0.25) is 0 Å². The maximum atomic E-state index is 12.8. The average molecular weight is 278 g/mol. The van der Waals surface area contributed by atoms with Crippen LogP contribution >= 0.6 is 0 Å². The van der Waals surface area contributed by atoms with Gasteiger partial charge in [-0.05, 0) is 24.3 Å². The highest BCUT2D eigenvalue weighted by molar-refractivity contribution is 6.07. The Kier molecular flexibility index (Phi) is 2.74. The number of hydrogen-bond donors (Lipinski definition) is 0. The Morgan fingerprint density at radius 2 is 1.95 bits per heavy atom. The Bertz CT molecular complexity index is 668. The number of hydrogen-bond acceptors (Lipinski definition) is 2. The van der Waals surface area contributed by atoms with Gasteiger partial charge in [-0.25, -0.2) is 0 Å². The van der Waals surface area contributed by atoms with Gasteiger partial charge < -0.3 is 4.90 Å². The number of carbonyl (C=O) groups excluding carboxylic acids is 1. The van der Waals surface area contributed by atoms with Crippen molar-refractivity contribution in [2.24, 2.45) is 0 Å². The van der Waals surface area contributed by atoms with Crippen molar-refractivity contribution >= 4 is 11.6 Å². The minimum absolute atomic E-state index is 0.0412. The summed E-state index contributed by atoms with van der Waals surface area (Å²) in [6.07, 6.45) is -2.93. The fourth-order valence-electron chi connectivity index (χ4n) is 2.22. The van der Waals surface area contributed by atoms with Crippen molar-refractivity contribution in [2.75, 3.05) is 4.90 Å². The number of anilines is 1. The number of nitrogens with zero attached hydrogens (tertiary/aromatic N) is 2. The number of amides is 1. The summed E-state index contributed by atoms with van der Waals surface area (Å²) < 4.78 is 38.4. The van der Waals surface area contributed by atoms with Crippen LogP contribution in [0.1, 0.15) is 21.6 Å². The minimum Gasteiger partial charge on any atom is -0.302 e. The third-order valence-corrected chi connectivity index (χ3v) is 3.19. The number of rotatable bonds is 1. The highest BCUT2D eigenvalue weighted by Gasteiger charge is 2.40. The quantitative estimate of drug-likeness (QED) is 0.802. The van der Waals surface area contributed by atoms with Gasteiger partial charge >= 0.3 is 6.18 Å². The van der Waals surface area contributed by atoms with Gasteiger partial charge in [0.05, 0.1) is 17.8 Å². The van der Waals surface area contributed by atoms with Crippen molar-refractivity contribution in [3.63, 3.8) is 0 Å². The molecule has 3 rings (SSSR count). The maximum Gasteiger partial charge on any atom is 0.416 e. The molecule has 2 heterocycles. The van der Waals surface area contributed by atoms with Gasteiger partial charge in [0, 0.05) is 11.8 Å². The molecule has 0 fully saturated rings. The van der Waals surface area contributed by atoms with E-state index in [0.717, 1.165) is 6.07 Å². The van der Waals surface area contributed by atoms with E-state index in [-0.39, 0.29) is 17.8 Å². The molecule has 0 N–H and O–H groups in total. The van der Waals surface area contributed by atoms with E-state index in [1.54, 1.807) is 12.1 Å². The van der Waals surface area contributed by atoms with E-state index in [0.29, 0.717) is 5.69 Å². The summed E-state index contributed by atoms with van der Waals surface area (Å²) in [5.41, 5.74) is -0.00427. The Morgan fingerprint density at radius 1 is 1.15 bits per heavy atom. The van der Waals surface area contributed by atoms with Crippen LogP contribution in [0.25, 0.3) is 0 Å². The summed E-state index contributed by atoms with van der Waals surface area (Å²) >= 11 is 0. The third-order valence-electron chi connectivity index (χ3n) is 3.19. The lowest BCUT2D eigenvalue weighted by Gasteiger charge is -2.35. The molecule has 1 aromatic heterocycles. The number of halogens is 3. The Labute approximate surface area is 112 Å². The van der Waals surface area contributed by atoms with Gasteiger partial charge in [-0.3, -0.25) is 9.78 Å². The van der Waals surface area contributed by atoms with Crippen LogP contribution in [-0.2, 0) is 12.7 Å². The fraction of sp³-hybridized carbons (Fsp3) is 0.143. The maximum absolute atomic E-state index is 12.8. The monoisotopic (exact) mass is 278 g/mol. The SMILES string of the molecule is O=C(c1ccccn1)N1Cc2c1cccc2C(F)(F)F. The number of carbonyl (C=O) groups is 1. The first kappa shape index (κ1) is 12.7. The third kappa shape index (κ3) is 1.93. The molecule has 102 valence electrons. The smallest absolute Gasteiger partial charge is 0.302 e. The Morgan fingerprint density at radius 3 is 2.60 bits per heavy atom. The number of fused-ring (bicyclic) bond motifs is 1. The summed E-state index contributed by atoms with van der Waals surface area (Å²) in [5, 5.41) is 0. The molecule has 1 aromatic carbocycles. The predicted molar refractivity (Wildman–Crippen MR) is 66.2 cm³/mol. The number of pyridine rings is 1. The second kappa shape index (κ2) is 4.33. The second-order valence-electron chi connectivity index (χ2n) is 4.41. The molecule has 0 spiro atoms. The molecule has 0 saturated heterocycles. The summed E-state index contributed by atoms with van der Waals surface area (Å²) in [4.78, 5) is 17.3. The number of alkyl halides is 3. The molecule has 0 bridgehead atoms. The summed E-state index contributed by atoms with van der Waals surface area (Å²) in [7, 11) is 0. The lowest BCUT2D eigenvalue weighted by Crippen LogP contribution is -2.40. The summed E-state index contributed by atoms with van der Waals surface area (Å²) in [5.74, 6) is -0.391. The van der Waals surface area contributed by atoms with E-state index in [4.69, 9.17) is 0 Å². The van der Waals surface area contributed by atoms with E-state index in [1.807, 2.05) is 0 Å². The van der Waals surface area contributed by atoms with Gasteiger partial charge in [-0.1, -0.05) is 12.1 Å². The van der Waals surface area contributed by atoms with Crippen molar-refractivity contribution in [2.45, 2.75) is 12.7 Å². The van der Waals surface area contributed by atoms with Crippen LogP contribution in [0, 0.1) is 0 Å². The zero-order chi connectivity index (χ0) is 14.3. The molecule has 1 amide bonds. The van der Waals surface area contributed by atoms with Crippen LogP contribution in [0.15, 0.2) is 42.6 Å². The van der Waals surface area contributed by atoms with Crippen molar-refractivity contribution in [3.05, 3.63) is 59.4 Å². The standard InChI is InChI=1S/C14H9F3N2O/c15-14(16,17)10-4-3-6-12-9(10)8-19(12)13(20)11-5-1-2-7-18-11/h1-7H,8H2. The van der Waals surface area contributed by atoms with Crippen LogP contribution in [0.4, 0.5) is 18.9 Å². The van der Waals surface area contributed by atoms with Crippen LogP contribution < -0.4 is 4.90 Å². The number of aromatic nitrogens is 1. The first-order valence-corrected chi connectivity index (χ1v) is 5.90. The first-order valence-electron chi connectivity index (χ1n) is 5.90. The minimum atomic E-state index is -4.40. The van der Waals surface area contributed by atoms with E-state index in [2.05, 4.69) is 4.98 Å². The van der Waals surface area contributed by atoms with Gasteiger partial charge in [-0.2, -0.15) is 13.2 Å². The first-order chi connectivity index (χ1) is 9.48. The Hall–Kier alpha value is -2.37. The van der Waals surface area contributed by atoms with E-state index in [9.17, 15) is 18.0 Å². The van der Waals surface area contributed by atoms with E-state index in [1.165, 1.54) is 29.3 Å². The second-order valence-corrected chi connectivity index (χ2v) is 4.41. The molecule has 6 heteroatoms. The molecular formula is C14H9F3N2O. The summed E-state index contributed by atoms with van der Waals surface area (Å²) in [6.45, 7) is -0.0412. The van der Waals surface area contributed by atoms with Crippen molar-refractivity contribution in [1.29, 1.82) is 0 Å². The van der Waals surface area contributed by atoms with E-state index < -0.39 is 17.6 Å². The molecule has 20 heavy (non-hydrogen) atoms. The molecule has 0 saturated carbocycles. The largest absolute Gasteiger partial charge is 0.416 e. The molecular weight excluding hydrogens is 269 g/mol. The van der Waals surface area contributed by atoms with Crippen molar-refractivity contribution in [3.8, 4) is 0 Å². The predicted octanol–water partition coefficient (Wildman–Crippen LogP) is 3.26. The normalized spacial score (nSPS) is 13.7. The number of benzene rings is 1. The molecule has 3 nitrogen and oxygen atoms in total. The van der Waals surface area contributed by atoms with Crippen LogP contribution in [-0.4, -0.2) is 10.9 Å².